The molecule has 0 amide bonds. The monoisotopic (exact) mass is 291 g/mol. The van der Waals surface area contributed by atoms with Gasteiger partial charge >= 0.3 is 0 Å². The summed E-state index contributed by atoms with van der Waals surface area (Å²) in [6, 6.07) is 6.99. The van der Waals surface area contributed by atoms with E-state index in [2.05, 4.69) is 10.4 Å². The van der Waals surface area contributed by atoms with Gasteiger partial charge in [0.2, 0.25) is 0 Å². The molecular formula is C15H18FN3S. The molecule has 0 radical (unpaired) electrons. The highest BCUT2D eigenvalue weighted by molar-refractivity contribution is 7.99. The van der Waals surface area contributed by atoms with E-state index in [1.165, 1.54) is 36.5 Å². The van der Waals surface area contributed by atoms with E-state index in [1.807, 2.05) is 24.2 Å². The zero-order chi connectivity index (χ0) is 13.8. The van der Waals surface area contributed by atoms with Crippen LogP contribution in [0.15, 0.2) is 36.7 Å². The smallest absolute Gasteiger partial charge is 0.123 e. The SMILES string of the molecule is Fc1ccc(-n2cc(CNC3CCCSC3)cn2)cc1. The Labute approximate surface area is 122 Å². The number of hydrogen-bond donors (Lipinski definition) is 1. The highest BCUT2D eigenvalue weighted by Crippen LogP contribution is 2.17. The van der Waals surface area contributed by atoms with Crippen LogP contribution >= 0.6 is 11.8 Å². The Morgan fingerprint density at radius 2 is 2.20 bits per heavy atom. The number of thioether (sulfide) groups is 1. The summed E-state index contributed by atoms with van der Waals surface area (Å²) in [6.07, 6.45) is 6.43. The molecule has 2 heterocycles. The van der Waals surface area contributed by atoms with E-state index in [-0.39, 0.29) is 5.82 Å². The first-order valence-corrected chi connectivity index (χ1v) is 8.07. The van der Waals surface area contributed by atoms with Crippen molar-refractivity contribution in [1.29, 1.82) is 0 Å². The Hall–Kier alpha value is -1.33. The molecule has 1 aromatic heterocycles. The predicted octanol–water partition coefficient (Wildman–Crippen LogP) is 3.00. The van der Waals surface area contributed by atoms with Gasteiger partial charge < -0.3 is 5.32 Å². The molecule has 1 aliphatic heterocycles. The van der Waals surface area contributed by atoms with Gasteiger partial charge in [0.1, 0.15) is 5.82 Å². The summed E-state index contributed by atoms with van der Waals surface area (Å²) in [5, 5.41) is 7.91. The fraction of sp³-hybridized carbons (Fsp3) is 0.400. The van der Waals surface area contributed by atoms with Crippen LogP contribution in [0.1, 0.15) is 18.4 Å². The minimum Gasteiger partial charge on any atom is -0.309 e. The number of nitrogens with one attached hydrogen (secondary N) is 1. The molecule has 1 saturated heterocycles. The summed E-state index contributed by atoms with van der Waals surface area (Å²) in [6.45, 7) is 0.840. The van der Waals surface area contributed by atoms with Gasteiger partial charge in [0.05, 0.1) is 11.9 Å². The van der Waals surface area contributed by atoms with Crippen LogP contribution in [0, 0.1) is 5.82 Å². The molecule has 3 rings (SSSR count). The number of halogens is 1. The molecule has 0 bridgehead atoms. The number of rotatable bonds is 4. The van der Waals surface area contributed by atoms with Crippen LogP contribution in [0.4, 0.5) is 4.39 Å². The summed E-state index contributed by atoms with van der Waals surface area (Å²) < 4.78 is 14.7. The van der Waals surface area contributed by atoms with Crippen LogP contribution in [0.3, 0.4) is 0 Å². The van der Waals surface area contributed by atoms with Gasteiger partial charge in [-0.3, -0.25) is 0 Å². The topological polar surface area (TPSA) is 29.9 Å². The maximum Gasteiger partial charge on any atom is 0.123 e. The molecule has 0 saturated carbocycles. The van der Waals surface area contributed by atoms with E-state index >= 15 is 0 Å². The summed E-state index contributed by atoms with van der Waals surface area (Å²) >= 11 is 2.02. The first kappa shape index (κ1) is 13.6. The molecule has 1 unspecified atom stereocenters. The van der Waals surface area contributed by atoms with Gasteiger partial charge in [-0.15, -0.1) is 0 Å². The number of nitrogens with zero attached hydrogens (tertiary/aromatic N) is 2. The Kier molecular flexibility index (Phi) is 4.38. The van der Waals surface area contributed by atoms with E-state index in [0.29, 0.717) is 6.04 Å². The van der Waals surface area contributed by atoms with Crippen molar-refractivity contribution in [3.8, 4) is 5.69 Å². The average Bonchev–Trinajstić information content (AvgIpc) is 2.96. The van der Waals surface area contributed by atoms with E-state index in [9.17, 15) is 4.39 Å². The third kappa shape index (κ3) is 3.41. The molecule has 3 nitrogen and oxygen atoms in total. The predicted molar refractivity (Wildman–Crippen MR) is 80.7 cm³/mol. The van der Waals surface area contributed by atoms with Crippen molar-refractivity contribution in [2.75, 3.05) is 11.5 Å². The lowest BCUT2D eigenvalue weighted by Crippen LogP contribution is -2.33. The lowest BCUT2D eigenvalue weighted by molar-refractivity contribution is 0.507. The van der Waals surface area contributed by atoms with Crippen molar-refractivity contribution < 1.29 is 4.39 Å². The van der Waals surface area contributed by atoms with Gasteiger partial charge in [-0.1, -0.05) is 0 Å². The third-order valence-corrected chi connectivity index (χ3v) is 4.70. The molecule has 5 heteroatoms. The molecule has 1 N–H and O–H groups in total. The minimum atomic E-state index is -0.224. The van der Waals surface area contributed by atoms with E-state index in [1.54, 1.807) is 16.8 Å². The Morgan fingerprint density at radius 1 is 1.35 bits per heavy atom. The van der Waals surface area contributed by atoms with Crippen LogP contribution < -0.4 is 5.32 Å². The maximum atomic E-state index is 12.9. The zero-order valence-electron chi connectivity index (χ0n) is 11.3. The van der Waals surface area contributed by atoms with Crippen molar-refractivity contribution >= 4 is 11.8 Å². The molecule has 0 spiro atoms. The Morgan fingerprint density at radius 3 is 2.95 bits per heavy atom. The van der Waals surface area contributed by atoms with Crippen molar-refractivity contribution in [1.82, 2.24) is 15.1 Å². The molecule has 106 valence electrons. The van der Waals surface area contributed by atoms with Crippen LogP contribution in [0.2, 0.25) is 0 Å². The second kappa shape index (κ2) is 6.41. The van der Waals surface area contributed by atoms with Crippen LogP contribution in [-0.4, -0.2) is 27.3 Å². The molecule has 2 aromatic rings. The van der Waals surface area contributed by atoms with Crippen molar-refractivity contribution in [2.24, 2.45) is 0 Å². The third-order valence-electron chi connectivity index (χ3n) is 3.48. The molecule has 1 aliphatic rings. The van der Waals surface area contributed by atoms with Crippen molar-refractivity contribution in [3.63, 3.8) is 0 Å². The number of benzene rings is 1. The van der Waals surface area contributed by atoms with Crippen LogP contribution in [-0.2, 0) is 6.54 Å². The van der Waals surface area contributed by atoms with Gasteiger partial charge in [0.15, 0.2) is 0 Å². The van der Waals surface area contributed by atoms with Gasteiger partial charge in [0, 0.05) is 30.1 Å². The molecule has 20 heavy (non-hydrogen) atoms. The Balaban J connectivity index is 1.60. The second-order valence-electron chi connectivity index (χ2n) is 5.06. The standard InChI is InChI=1S/C15H18FN3S/c16-13-3-5-15(6-4-13)19-10-12(9-18-19)8-17-14-2-1-7-20-11-14/h3-6,9-10,14,17H,1-2,7-8,11H2. The first-order chi connectivity index (χ1) is 9.81. The molecule has 1 aromatic carbocycles. The first-order valence-electron chi connectivity index (χ1n) is 6.92. The summed E-state index contributed by atoms with van der Waals surface area (Å²) in [7, 11) is 0. The summed E-state index contributed by atoms with van der Waals surface area (Å²) in [5.41, 5.74) is 2.04. The fourth-order valence-corrected chi connectivity index (χ4v) is 3.46. The van der Waals surface area contributed by atoms with E-state index < -0.39 is 0 Å². The van der Waals surface area contributed by atoms with Gasteiger partial charge in [-0.25, -0.2) is 9.07 Å². The Bertz CT molecular complexity index is 547. The molecule has 1 fully saturated rings. The van der Waals surface area contributed by atoms with Gasteiger partial charge in [0.25, 0.3) is 0 Å². The van der Waals surface area contributed by atoms with Crippen LogP contribution in [0.5, 0.6) is 0 Å². The number of aromatic nitrogens is 2. The quantitative estimate of drug-likeness (QED) is 0.939. The van der Waals surface area contributed by atoms with Crippen LogP contribution in [0.25, 0.3) is 5.69 Å². The van der Waals surface area contributed by atoms with Crippen molar-refractivity contribution in [2.45, 2.75) is 25.4 Å². The largest absolute Gasteiger partial charge is 0.309 e. The summed E-state index contributed by atoms with van der Waals surface area (Å²) in [5.74, 6) is 2.27. The zero-order valence-corrected chi connectivity index (χ0v) is 12.1. The van der Waals surface area contributed by atoms with E-state index in [4.69, 9.17) is 0 Å². The van der Waals surface area contributed by atoms with Crippen molar-refractivity contribution in [3.05, 3.63) is 48.0 Å². The highest BCUT2D eigenvalue weighted by atomic mass is 32.2. The van der Waals surface area contributed by atoms with E-state index in [0.717, 1.165) is 17.8 Å². The fourth-order valence-electron chi connectivity index (χ4n) is 2.35. The summed E-state index contributed by atoms with van der Waals surface area (Å²) in [4.78, 5) is 0. The lowest BCUT2D eigenvalue weighted by atomic mass is 10.2. The molecule has 1 atom stereocenters. The highest BCUT2D eigenvalue weighted by Gasteiger charge is 2.13. The number of hydrogen-bond acceptors (Lipinski definition) is 3. The molecular weight excluding hydrogens is 273 g/mol. The normalized spacial score (nSPS) is 19.1. The van der Waals surface area contributed by atoms with Gasteiger partial charge in [-0.05, 0) is 42.9 Å². The minimum absolute atomic E-state index is 0.224. The van der Waals surface area contributed by atoms with Gasteiger partial charge in [-0.2, -0.15) is 16.9 Å². The maximum absolute atomic E-state index is 12.9. The average molecular weight is 291 g/mol. The molecule has 0 aliphatic carbocycles. The lowest BCUT2D eigenvalue weighted by Gasteiger charge is -2.22. The second-order valence-corrected chi connectivity index (χ2v) is 6.21.